The van der Waals surface area contributed by atoms with Crippen molar-refractivity contribution in [2.75, 3.05) is 23.8 Å². The van der Waals surface area contributed by atoms with Gasteiger partial charge in [-0.25, -0.2) is 13.2 Å². The molecule has 1 heterocycles. The van der Waals surface area contributed by atoms with Crippen molar-refractivity contribution in [3.05, 3.63) is 47.8 Å². The zero-order valence-corrected chi connectivity index (χ0v) is 13.2. The van der Waals surface area contributed by atoms with Gasteiger partial charge in [-0.15, -0.1) is 0 Å². The Labute approximate surface area is 141 Å². The minimum absolute atomic E-state index is 0.431. The summed E-state index contributed by atoms with van der Waals surface area (Å²) in [7, 11) is 0. The molecular formula is C17H15F3N2O3. The van der Waals surface area contributed by atoms with Gasteiger partial charge in [0, 0.05) is 11.8 Å². The van der Waals surface area contributed by atoms with Gasteiger partial charge in [-0.1, -0.05) is 0 Å². The molecule has 1 aliphatic heterocycles. The van der Waals surface area contributed by atoms with Crippen LogP contribution in [-0.2, 0) is 4.79 Å². The summed E-state index contributed by atoms with van der Waals surface area (Å²) in [6, 6.07) is 6.02. The van der Waals surface area contributed by atoms with Gasteiger partial charge in [0.2, 0.25) is 5.91 Å². The first-order chi connectivity index (χ1) is 12.0. The molecule has 0 aromatic heterocycles. The van der Waals surface area contributed by atoms with Crippen LogP contribution in [0.1, 0.15) is 6.92 Å². The van der Waals surface area contributed by atoms with Crippen LogP contribution in [0.5, 0.6) is 11.5 Å². The second kappa shape index (κ2) is 6.92. The summed E-state index contributed by atoms with van der Waals surface area (Å²) in [5, 5.41) is 5.14. The number of benzene rings is 2. The summed E-state index contributed by atoms with van der Waals surface area (Å²) < 4.78 is 50.6. The smallest absolute Gasteiger partial charge is 0.246 e. The van der Waals surface area contributed by atoms with Crippen molar-refractivity contribution < 1.29 is 27.4 Å². The number of nitrogens with one attached hydrogen (secondary N) is 2. The molecule has 2 N–H and O–H groups in total. The highest BCUT2D eigenvalue weighted by atomic mass is 19.2. The average molecular weight is 352 g/mol. The van der Waals surface area contributed by atoms with Gasteiger partial charge in [0.1, 0.15) is 19.3 Å². The fraction of sp³-hybridized carbons (Fsp3) is 0.235. The van der Waals surface area contributed by atoms with Gasteiger partial charge < -0.3 is 20.1 Å². The van der Waals surface area contributed by atoms with Crippen LogP contribution in [0.15, 0.2) is 30.3 Å². The lowest BCUT2D eigenvalue weighted by Crippen LogP contribution is -2.32. The molecule has 1 atom stereocenters. The van der Waals surface area contributed by atoms with Crippen LogP contribution in [-0.4, -0.2) is 25.2 Å². The first kappa shape index (κ1) is 16.9. The topological polar surface area (TPSA) is 59.6 Å². The van der Waals surface area contributed by atoms with Crippen LogP contribution in [0.3, 0.4) is 0 Å². The summed E-state index contributed by atoms with van der Waals surface area (Å²) >= 11 is 0. The maximum absolute atomic E-state index is 13.6. The fourth-order valence-electron chi connectivity index (χ4n) is 2.31. The number of carbonyl (C=O) groups excluding carboxylic acids is 1. The fourth-order valence-corrected chi connectivity index (χ4v) is 2.31. The largest absolute Gasteiger partial charge is 0.486 e. The van der Waals surface area contributed by atoms with Crippen LogP contribution in [0.4, 0.5) is 24.5 Å². The van der Waals surface area contributed by atoms with Gasteiger partial charge in [-0.3, -0.25) is 4.79 Å². The van der Waals surface area contributed by atoms with E-state index in [1.54, 1.807) is 25.1 Å². The third-order valence-electron chi connectivity index (χ3n) is 3.61. The van der Waals surface area contributed by atoms with E-state index in [9.17, 15) is 18.0 Å². The first-order valence-electron chi connectivity index (χ1n) is 7.56. The van der Waals surface area contributed by atoms with E-state index in [-0.39, 0.29) is 0 Å². The van der Waals surface area contributed by atoms with Gasteiger partial charge >= 0.3 is 0 Å². The van der Waals surface area contributed by atoms with Crippen molar-refractivity contribution in [1.29, 1.82) is 0 Å². The summed E-state index contributed by atoms with van der Waals surface area (Å²) in [4.78, 5) is 12.1. The summed E-state index contributed by atoms with van der Waals surface area (Å²) in [6.07, 6.45) is 0. The lowest BCUT2D eigenvalue weighted by molar-refractivity contribution is -0.116. The second-order valence-corrected chi connectivity index (χ2v) is 5.44. The molecule has 25 heavy (non-hydrogen) atoms. The zero-order valence-electron chi connectivity index (χ0n) is 13.2. The predicted octanol–water partition coefficient (Wildman–Crippen LogP) is 3.31. The number of carbonyl (C=O) groups is 1. The molecule has 5 nitrogen and oxygen atoms in total. The Balaban J connectivity index is 1.68. The number of halogens is 3. The second-order valence-electron chi connectivity index (χ2n) is 5.44. The molecule has 0 bridgehead atoms. The Morgan fingerprint density at radius 1 is 1.04 bits per heavy atom. The Morgan fingerprint density at radius 3 is 2.52 bits per heavy atom. The van der Waals surface area contributed by atoms with Gasteiger partial charge in [0.05, 0.1) is 5.69 Å². The summed E-state index contributed by atoms with van der Waals surface area (Å²) in [6.45, 7) is 2.45. The summed E-state index contributed by atoms with van der Waals surface area (Å²) in [5.74, 6) is -3.85. The minimum atomic E-state index is -1.63. The SMILES string of the molecule is CC(Nc1ccc2c(c1)OCCO2)C(=O)Nc1ccc(F)c(F)c1F. The quantitative estimate of drug-likeness (QED) is 0.829. The maximum Gasteiger partial charge on any atom is 0.246 e. The maximum atomic E-state index is 13.6. The Hall–Kier alpha value is -2.90. The molecule has 0 aliphatic carbocycles. The molecule has 2 aromatic rings. The number of hydrogen-bond donors (Lipinski definition) is 2. The Morgan fingerprint density at radius 2 is 1.76 bits per heavy atom. The Bertz CT molecular complexity index is 814. The number of hydrogen-bond acceptors (Lipinski definition) is 4. The number of ether oxygens (including phenoxy) is 2. The van der Waals surface area contributed by atoms with Crippen LogP contribution < -0.4 is 20.1 Å². The Kier molecular flexibility index (Phi) is 4.69. The van der Waals surface area contributed by atoms with Gasteiger partial charge in [0.15, 0.2) is 29.0 Å². The lowest BCUT2D eigenvalue weighted by atomic mass is 10.2. The van der Waals surface area contributed by atoms with Crippen LogP contribution in [0, 0.1) is 17.5 Å². The number of rotatable bonds is 4. The highest BCUT2D eigenvalue weighted by Crippen LogP contribution is 2.32. The van der Waals surface area contributed by atoms with Crippen LogP contribution in [0.2, 0.25) is 0 Å². The molecular weight excluding hydrogens is 337 g/mol. The highest BCUT2D eigenvalue weighted by molar-refractivity contribution is 5.96. The predicted molar refractivity (Wildman–Crippen MR) is 85.5 cm³/mol. The summed E-state index contributed by atoms with van der Waals surface area (Å²) in [5.41, 5.74) is 0.164. The van der Waals surface area contributed by atoms with Gasteiger partial charge in [-0.2, -0.15) is 0 Å². The number of anilines is 2. The molecule has 0 radical (unpaired) electrons. The van der Waals surface area contributed by atoms with E-state index >= 15 is 0 Å². The van der Waals surface area contributed by atoms with E-state index in [1.165, 1.54) is 0 Å². The molecule has 2 aromatic carbocycles. The molecule has 1 amide bonds. The molecule has 0 saturated heterocycles. The minimum Gasteiger partial charge on any atom is -0.486 e. The van der Waals surface area contributed by atoms with Crippen molar-refractivity contribution in [3.63, 3.8) is 0 Å². The van der Waals surface area contributed by atoms with Crippen molar-refractivity contribution in [1.82, 2.24) is 0 Å². The van der Waals surface area contributed by atoms with Crippen molar-refractivity contribution in [3.8, 4) is 11.5 Å². The van der Waals surface area contributed by atoms with E-state index in [4.69, 9.17) is 9.47 Å². The van der Waals surface area contributed by atoms with Crippen molar-refractivity contribution >= 4 is 17.3 Å². The normalized spacial score (nSPS) is 13.9. The number of fused-ring (bicyclic) bond motifs is 1. The van der Waals surface area contributed by atoms with E-state index in [0.29, 0.717) is 30.4 Å². The van der Waals surface area contributed by atoms with Gasteiger partial charge in [-0.05, 0) is 31.2 Å². The van der Waals surface area contributed by atoms with E-state index in [2.05, 4.69) is 10.6 Å². The standard InChI is InChI=1S/C17H15F3N2O3/c1-9(17(23)22-12-4-3-11(18)15(19)16(12)20)21-10-2-5-13-14(8-10)25-7-6-24-13/h2-5,8-9,21H,6-7H2,1H3,(H,22,23). The van der Waals surface area contributed by atoms with Crippen molar-refractivity contribution in [2.45, 2.75) is 13.0 Å². The van der Waals surface area contributed by atoms with E-state index in [1.807, 2.05) is 0 Å². The van der Waals surface area contributed by atoms with Gasteiger partial charge in [0.25, 0.3) is 0 Å². The molecule has 3 rings (SSSR count). The van der Waals surface area contributed by atoms with E-state index in [0.717, 1.165) is 12.1 Å². The molecule has 0 saturated carbocycles. The lowest BCUT2D eigenvalue weighted by Gasteiger charge is -2.20. The monoisotopic (exact) mass is 352 g/mol. The molecule has 132 valence electrons. The molecule has 0 fully saturated rings. The third-order valence-corrected chi connectivity index (χ3v) is 3.61. The average Bonchev–Trinajstić information content (AvgIpc) is 2.62. The molecule has 1 aliphatic rings. The zero-order chi connectivity index (χ0) is 18.0. The molecule has 0 spiro atoms. The number of amides is 1. The third kappa shape index (κ3) is 3.62. The molecule has 8 heteroatoms. The van der Waals surface area contributed by atoms with Crippen LogP contribution in [0.25, 0.3) is 0 Å². The van der Waals surface area contributed by atoms with E-state index < -0.39 is 35.1 Å². The molecule has 1 unspecified atom stereocenters. The van der Waals surface area contributed by atoms with Crippen LogP contribution >= 0.6 is 0 Å². The van der Waals surface area contributed by atoms with Crippen molar-refractivity contribution in [2.24, 2.45) is 0 Å². The highest BCUT2D eigenvalue weighted by Gasteiger charge is 2.19. The first-order valence-corrected chi connectivity index (χ1v) is 7.56.